The highest BCUT2D eigenvalue weighted by Gasteiger charge is 2.27. The third-order valence-electron chi connectivity index (χ3n) is 4.91. The largest absolute Gasteiger partial charge is 0.386 e. The van der Waals surface area contributed by atoms with Gasteiger partial charge in [-0.2, -0.15) is 0 Å². The molecule has 1 aliphatic heterocycles. The fourth-order valence-corrected chi connectivity index (χ4v) is 4.70. The quantitative estimate of drug-likeness (QED) is 0.794. The number of oxime groups is 1. The van der Waals surface area contributed by atoms with Gasteiger partial charge in [0.25, 0.3) is 0 Å². The molecule has 1 aliphatic carbocycles. The van der Waals surface area contributed by atoms with Crippen LogP contribution in [0.1, 0.15) is 55.8 Å². The molecule has 24 heavy (non-hydrogen) atoms. The lowest BCUT2D eigenvalue weighted by Crippen LogP contribution is -2.19. The molecule has 0 radical (unpaired) electrons. The van der Waals surface area contributed by atoms with Gasteiger partial charge in [-0.1, -0.05) is 43.3 Å². The predicted octanol–water partition coefficient (Wildman–Crippen LogP) is 3.89. The molecule has 0 saturated heterocycles. The second kappa shape index (κ2) is 7.54. The summed E-state index contributed by atoms with van der Waals surface area (Å²) < 4.78 is 27.4. The summed E-state index contributed by atoms with van der Waals surface area (Å²) in [6.07, 6.45) is 7.82. The third kappa shape index (κ3) is 4.00. The number of nitrogens with one attached hydrogen (secondary N) is 1. The molecule has 1 saturated carbocycles. The molecule has 1 atom stereocenters. The first kappa shape index (κ1) is 17.9. The average molecular weight is 415 g/mol. The summed E-state index contributed by atoms with van der Waals surface area (Å²) in [5, 5.41) is 3.96. The first-order valence-corrected chi connectivity index (χ1v) is 10.7. The molecule has 0 bridgehead atoms. The minimum absolute atomic E-state index is 0.218. The third-order valence-corrected chi connectivity index (χ3v) is 6.79. The molecule has 1 aromatic carbocycles. The minimum atomic E-state index is -3.47. The van der Waals surface area contributed by atoms with Crippen LogP contribution in [0.15, 0.2) is 28.3 Å². The summed E-state index contributed by atoms with van der Waals surface area (Å²) in [5.41, 5.74) is 2.12. The van der Waals surface area contributed by atoms with Crippen molar-refractivity contribution in [2.45, 2.75) is 55.9 Å². The SMILES string of the molecule is CNS(=O)(=O)c1ccc(CC2CCCCC2)c([C@H]2CC(Br)=NO2)c1. The zero-order chi connectivity index (χ0) is 17.2. The van der Waals surface area contributed by atoms with Crippen molar-refractivity contribution in [2.75, 3.05) is 7.05 Å². The highest BCUT2D eigenvalue weighted by Crippen LogP contribution is 2.35. The molecule has 0 spiro atoms. The topological polar surface area (TPSA) is 67.8 Å². The van der Waals surface area contributed by atoms with Crippen molar-refractivity contribution >= 4 is 30.6 Å². The Morgan fingerprint density at radius 1 is 1.29 bits per heavy atom. The number of benzene rings is 1. The number of hydrogen-bond acceptors (Lipinski definition) is 4. The summed E-state index contributed by atoms with van der Waals surface area (Å²) in [4.78, 5) is 5.79. The van der Waals surface area contributed by atoms with Gasteiger partial charge in [-0.25, -0.2) is 13.1 Å². The lowest BCUT2D eigenvalue weighted by molar-refractivity contribution is 0.0847. The van der Waals surface area contributed by atoms with Crippen LogP contribution in [0.2, 0.25) is 0 Å². The van der Waals surface area contributed by atoms with Gasteiger partial charge in [-0.3, -0.25) is 0 Å². The summed E-state index contributed by atoms with van der Waals surface area (Å²) in [7, 11) is -2.04. The van der Waals surface area contributed by atoms with Gasteiger partial charge in [0.05, 0.1) is 4.90 Å². The van der Waals surface area contributed by atoms with Gasteiger partial charge in [0.1, 0.15) is 4.62 Å². The second-order valence-corrected chi connectivity index (χ2v) is 9.34. The molecule has 1 N–H and O–H groups in total. The lowest BCUT2D eigenvalue weighted by atomic mass is 9.83. The van der Waals surface area contributed by atoms with Crippen molar-refractivity contribution in [2.24, 2.45) is 11.1 Å². The van der Waals surface area contributed by atoms with Crippen molar-refractivity contribution in [3.63, 3.8) is 0 Å². The van der Waals surface area contributed by atoms with Crippen LogP contribution >= 0.6 is 15.9 Å². The van der Waals surface area contributed by atoms with Crippen LogP contribution in [0, 0.1) is 5.92 Å². The zero-order valence-corrected chi connectivity index (χ0v) is 16.2. The monoisotopic (exact) mass is 414 g/mol. The maximum absolute atomic E-state index is 12.1. The molecule has 3 rings (SSSR count). The normalized spacial score (nSPS) is 22.2. The Balaban J connectivity index is 1.91. The van der Waals surface area contributed by atoms with Gasteiger partial charge in [0.2, 0.25) is 10.0 Å². The molecule has 0 aromatic heterocycles. The predicted molar refractivity (Wildman–Crippen MR) is 97.8 cm³/mol. The van der Waals surface area contributed by atoms with E-state index in [1.807, 2.05) is 6.07 Å². The number of sulfonamides is 1. The van der Waals surface area contributed by atoms with Crippen LogP contribution in [0.25, 0.3) is 0 Å². The molecule has 1 heterocycles. The van der Waals surface area contributed by atoms with E-state index >= 15 is 0 Å². The van der Waals surface area contributed by atoms with E-state index in [1.54, 1.807) is 12.1 Å². The Labute approximate surface area is 152 Å². The fraction of sp³-hybridized carbons (Fsp3) is 0.588. The van der Waals surface area contributed by atoms with Crippen LogP contribution < -0.4 is 4.72 Å². The molecule has 2 aliphatic rings. The van der Waals surface area contributed by atoms with Crippen molar-refractivity contribution in [3.05, 3.63) is 29.3 Å². The summed E-state index contributed by atoms with van der Waals surface area (Å²) in [6.45, 7) is 0. The van der Waals surface area contributed by atoms with E-state index in [9.17, 15) is 8.42 Å². The average Bonchev–Trinajstić information content (AvgIpc) is 3.02. The Morgan fingerprint density at radius 3 is 2.67 bits per heavy atom. The van der Waals surface area contributed by atoms with E-state index in [4.69, 9.17) is 4.84 Å². The van der Waals surface area contributed by atoms with E-state index in [0.717, 1.165) is 16.6 Å². The van der Waals surface area contributed by atoms with Crippen LogP contribution in [-0.4, -0.2) is 20.1 Å². The van der Waals surface area contributed by atoms with E-state index in [0.29, 0.717) is 12.3 Å². The van der Waals surface area contributed by atoms with Crippen molar-refractivity contribution in [1.29, 1.82) is 0 Å². The Kier molecular flexibility index (Phi) is 5.62. The van der Waals surface area contributed by atoms with Crippen molar-refractivity contribution < 1.29 is 13.3 Å². The second-order valence-electron chi connectivity index (χ2n) is 6.54. The first-order valence-electron chi connectivity index (χ1n) is 8.44. The zero-order valence-electron chi connectivity index (χ0n) is 13.8. The van der Waals surface area contributed by atoms with Gasteiger partial charge in [0, 0.05) is 12.0 Å². The number of hydrogen-bond donors (Lipinski definition) is 1. The highest BCUT2D eigenvalue weighted by molar-refractivity contribution is 9.18. The van der Waals surface area contributed by atoms with Gasteiger partial charge < -0.3 is 4.84 Å². The molecule has 5 nitrogen and oxygen atoms in total. The Hall–Kier alpha value is -0.920. The van der Waals surface area contributed by atoms with Crippen LogP contribution in [-0.2, 0) is 21.3 Å². The van der Waals surface area contributed by atoms with Crippen LogP contribution in [0.5, 0.6) is 0 Å². The molecule has 7 heteroatoms. The fourth-order valence-electron chi connectivity index (χ4n) is 3.56. The maximum atomic E-state index is 12.1. The molecule has 1 aromatic rings. The van der Waals surface area contributed by atoms with E-state index in [-0.39, 0.29) is 11.0 Å². The Morgan fingerprint density at radius 2 is 2.04 bits per heavy atom. The molecule has 0 amide bonds. The van der Waals surface area contributed by atoms with Gasteiger partial charge in [-0.05, 0) is 53.0 Å². The van der Waals surface area contributed by atoms with E-state index in [2.05, 4.69) is 25.8 Å². The van der Waals surface area contributed by atoms with E-state index < -0.39 is 10.0 Å². The molecular formula is C17H23BrN2O3S. The molecular weight excluding hydrogens is 392 g/mol. The van der Waals surface area contributed by atoms with E-state index in [1.165, 1.54) is 44.7 Å². The summed E-state index contributed by atoms with van der Waals surface area (Å²) in [5.74, 6) is 0.676. The van der Waals surface area contributed by atoms with Gasteiger partial charge >= 0.3 is 0 Å². The maximum Gasteiger partial charge on any atom is 0.240 e. The molecule has 1 fully saturated rings. The minimum Gasteiger partial charge on any atom is -0.386 e. The lowest BCUT2D eigenvalue weighted by Gasteiger charge is -2.24. The number of halogens is 1. The van der Waals surface area contributed by atoms with Crippen molar-refractivity contribution in [3.8, 4) is 0 Å². The first-order chi connectivity index (χ1) is 11.5. The molecule has 132 valence electrons. The molecule has 0 unspecified atom stereocenters. The number of nitrogens with zero attached hydrogens (tertiary/aromatic N) is 1. The standard InChI is InChI=1S/C17H23BrN2O3S/c1-19-24(21,22)14-8-7-13(9-12-5-3-2-4-6-12)15(10-14)16-11-17(18)20-23-16/h7-8,10,12,16,19H,2-6,9,11H2,1H3/t16-/m1/s1. The van der Waals surface area contributed by atoms with Gasteiger partial charge in [0.15, 0.2) is 6.10 Å². The Bertz CT molecular complexity index is 727. The summed E-state index contributed by atoms with van der Waals surface area (Å²) in [6, 6.07) is 5.39. The number of rotatable bonds is 5. The highest BCUT2D eigenvalue weighted by atomic mass is 79.9. The smallest absolute Gasteiger partial charge is 0.240 e. The van der Waals surface area contributed by atoms with Crippen LogP contribution in [0.4, 0.5) is 0 Å². The van der Waals surface area contributed by atoms with Crippen molar-refractivity contribution in [1.82, 2.24) is 4.72 Å². The van der Waals surface area contributed by atoms with Gasteiger partial charge in [-0.15, -0.1) is 0 Å². The summed E-state index contributed by atoms with van der Waals surface area (Å²) >= 11 is 3.37. The van der Waals surface area contributed by atoms with Crippen LogP contribution in [0.3, 0.4) is 0 Å².